The molecule has 0 fully saturated rings. The van der Waals surface area contributed by atoms with Gasteiger partial charge in [0.1, 0.15) is 5.25 Å². The van der Waals surface area contributed by atoms with Crippen molar-refractivity contribution in [2.45, 2.75) is 25.5 Å². The molecule has 0 saturated carbocycles. The smallest absolute Gasteiger partial charge is 0.251 e. The van der Waals surface area contributed by atoms with Crippen LogP contribution in [0.1, 0.15) is 30.2 Å². The Kier molecular flexibility index (Phi) is 4.75. The highest BCUT2D eigenvalue weighted by atomic mass is 32.2. The van der Waals surface area contributed by atoms with Gasteiger partial charge in [-0.25, -0.2) is 8.42 Å². The Morgan fingerprint density at radius 3 is 2.80 bits per heavy atom. The fourth-order valence-corrected chi connectivity index (χ4v) is 4.95. The number of sulfonamides is 1. The zero-order valence-electron chi connectivity index (χ0n) is 11.6. The van der Waals surface area contributed by atoms with Gasteiger partial charge in [0.2, 0.25) is 10.0 Å². The second-order valence-electron chi connectivity index (χ2n) is 5.34. The number of rotatable bonds is 4. The van der Waals surface area contributed by atoms with Crippen molar-refractivity contribution in [3.05, 3.63) is 35.4 Å². The molecule has 1 aromatic carbocycles. The molecule has 0 spiro atoms. The number of fused-ring (bicyclic) bond motifs is 1. The number of carbonyl (C=O) groups excluding carboxylic acids is 1. The summed E-state index contributed by atoms with van der Waals surface area (Å²) in [4.78, 5) is 12.2. The summed E-state index contributed by atoms with van der Waals surface area (Å²) in [6, 6.07) is 7.73. The molecule has 2 rings (SSSR count). The number of aryl methyl sites for hydroxylation is 1. The SMILES string of the molecule is CC(C)CS(=O)(=O)NC(=O)[C@H]1SCCc2ccccc21. The Morgan fingerprint density at radius 1 is 1.40 bits per heavy atom. The Hall–Kier alpha value is -1.01. The van der Waals surface area contributed by atoms with Crippen molar-refractivity contribution < 1.29 is 13.2 Å². The van der Waals surface area contributed by atoms with Crippen molar-refractivity contribution >= 4 is 27.7 Å². The lowest BCUT2D eigenvalue weighted by molar-refractivity contribution is -0.118. The van der Waals surface area contributed by atoms with Crippen LogP contribution < -0.4 is 4.72 Å². The van der Waals surface area contributed by atoms with Crippen LogP contribution in [0.15, 0.2) is 24.3 Å². The first-order valence-electron chi connectivity index (χ1n) is 6.63. The number of nitrogens with one attached hydrogen (secondary N) is 1. The minimum Gasteiger partial charge on any atom is -0.272 e. The maximum atomic E-state index is 12.2. The first-order chi connectivity index (χ1) is 9.39. The Morgan fingerprint density at radius 2 is 2.10 bits per heavy atom. The molecular formula is C14H19NO3S2. The maximum absolute atomic E-state index is 12.2. The van der Waals surface area contributed by atoms with E-state index in [1.54, 1.807) is 0 Å². The fourth-order valence-electron chi connectivity index (χ4n) is 2.30. The number of benzene rings is 1. The molecule has 0 radical (unpaired) electrons. The van der Waals surface area contributed by atoms with Crippen LogP contribution >= 0.6 is 11.8 Å². The van der Waals surface area contributed by atoms with Crippen LogP contribution in [0.2, 0.25) is 0 Å². The first kappa shape index (κ1) is 15.4. The van der Waals surface area contributed by atoms with Crippen molar-refractivity contribution in [2.24, 2.45) is 5.92 Å². The van der Waals surface area contributed by atoms with E-state index in [0.29, 0.717) is 0 Å². The third-order valence-corrected chi connectivity index (χ3v) is 5.90. The van der Waals surface area contributed by atoms with Crippen LogP contribution in [0.3, 0.4) is 0 Å². The molecule has 0 unspecified atom stereocenters. The molecule has 1 heterocycles. The highest BCUT2D eigenvalue weighted by molar-refractivity contribution is 8.00. The van der Waals surface area contributed by atoms with Gasteiger partial charge >= 0.3 is 0 Å². The second-order valence-corrected chi connectivity index (χ2v) is 8.32. The number of hydrogen-bond donors (Lipinski definition) is 1. The molecular weight excluding hydrogens is 294 g/mol. The average Bonchev–Trinajstić information content (AvgIpc) is 2.35. The minimum atomic E-state index is -3.54. The fraction of sp³-hybridized carbons (Fsp3) is 0.500. The van der Waals surface area contributed by atoms with Crippen molar-refractivity contribution in [1.29, 1.82) is 0 Å². The largest absolute Gasteiger partial charge is 0.272 e. The van der Waals surface area contributed by atoms with Crippen LogP contribution in [-0.2, 0) is 21.2 Å². The summed E-state index contributed by atoms with van der Waals surface area (Å²) in [5.41, 5.74) is 2.06. The zero-order valence-corrected chi connectivity index (χ0v) is 13.3. The normalized spacial score (nSPS) is 18.6. The molecule has 4 nitrogen and oxygen atoms in total. The van der Waals surface area contributed by atoms with Crippen molar-refractivity contribution in [3.8, 4) is 0 Å². The van der Waals surface area contributed by atoms with Gasteiger partial charge in [-0.1, -0.05) is 38.1 Å². The van der Waals surface area contributed by atoms with Gasteiger partial charge in [0.25, 0.3) is 5.91 Å². The summed E-state index contributed by atoms with van der Waals surface area (Å²) in [6.07, 6.45) is 0.920. The molecule has 1 amide bonds. The standard InChI is InChI=1S/C14H19NO3S2/c1-10(2)9-20(17,18)15-14(16)13-12-6-4-3-5-11(12)7-8-19-13/h3-6,10,13H,7-9H2,1-2H3,(H,15,16)/t13-/m0/s1. The molecule has 20 heavy (non-hydrogen) atoms. The second kappa shape index (κ2) is 6.18. The lowest BCUT2D eigenvalue weighted by Crippen LogP contribution is -2.37. The van der Waals surface area contributed by atoms with Gasteiger partial charge < -0.3 is 0 Å². The summed E-state index contributed by atoms with van der Waals surface area (Å²) >= 11 is 1.50. The van der Waals surface area contributed by atoms with Gasteiger partial charge in [0, 0.05) is 0 Å². The van der Waals surface area contributed by atoms with Gasteiger partial charge in [0.05, 0.1) is 5.75 Å². The molecule has 1 atom stereocenters. The van der Waals surface area contributed by atoms with Gasteiger partial charge in [-0.05, 0) is 29.2 Å². The number of amides is 1. The van der Waals surface area contributed by atoms with Gasteiger partial charge in [-0.3, -0.25) is 9.52 Å². The molecule has 1 aliphatic rings. The van der Waals surface area contributed by atoms with Gasteiger partial charge in [0.15, 0.2) is 0 Å². The average molecular weight is 313 g/mol. The maximum Gasteiger partial charge on any atom is 0.251 e. The summed E-state index contributed by atoms with van der Waals surface area (Å²) < 4.78 is 25.9. The Labute approximate surface area is 124 Å². The lowest BCUT2D eigenvalue weighted by atomic mass is 10.0. The van der Waals surface area contributed by atoms with E-state index in [4.69, 9.17) is 0 Å². The van der Waals surface area contributed by atoms with Crippen LogP contribution in [0.4, 0.5) is 0 Å². The first-order valence-corrected chi connectivity index (χ1v) is 9.33. The zero-order chi connectivity index (χ0) is 14.8. The number of carbonyl (C=O) groups is 1. The van der Waals surface area contributed by atoms with E-state index in [2.05, 4.69) is 4.72 Å². The molecule has 110 valence electrons. The third-order valence-electron chi connectivity index (χ3n) is 3.04. The monoisotopic (exact) mass is 313 g/mol. The van der Waals surface area contributed by atoms with E-state index in [9.17, 15) is 13.2 Å². The molecule has 1 aliphatic heterocycles. The van der Waals surface area contributed by atoms with E-state index in [1.165, 1.54) is 11.8 Å². The van der Waals surface area contributed by atoms with E-state index < -0.39 is 21.2 Å². The van der Waals surface area contributed by atoms with Crippen LogP contribution in [0.5, 0.6) is 0 Å². The summed E-state index contributed by atoms with van der Waals surface area (Å²) in [6.45, 7) is 3.63. The van der Waals surface area contributed by atoms with Crippen LogP contribution in [0.25, 0.3) is 0 Å². The van der Waals surface area contributed by atoms with E-state index in [1.807, 2.05) is 38.1 Å². The summed E-state index contributed by atoms with van der Waals surface area (Å²) in [7, 11) is -3.54. The van der Waals surface area contributed by atoms with E-state index >= 15 is 0 Å². The molecule has 0 aromatic heterocycles. The van der Waals surface area contributed by atoms with Crippen molar-refractivity contribution in [1.82, 2.24) is 4.72 Å². The van der Waals surface area contributed by atoms with Crippen molar-refractivity contribution in [3.63, 3.8) is 0 Å². The summed E-state index contributed by atoms with van der Waals surface area (Å²) in [5, 5.41) is -0.429. The highest BCUT2D eigenvalue weighted by Crippen LogP contribution is 2.36. The van der Waals surface area contributed by atoms with E-state index in [-0.39, 0.29) is 11.7 Å². The lowest BCUT2D eigenvalue weighted by Gasteiger charge is -2.24. The number of hydrogen-bond acceptors (Lipinski definition) is 4. The highest BCUT2D eigenvalue weighted by Gasteiger charge is 2.29. The van der Waals surface area contributed by atoms with Gasteiger partial charge in [-0.2, -0.15) is 0 Å². The predicted molar refractivity (Wildman–Crippen MR) is 82.1 cm³/mol. The van der Waals surface area contributed by atoms with Crippen LogP contribution in [0, 0.1) is 5.92 Å². The Balaban J connectivity index is 2.15. The summed E-state index contributed by atoms with van der Waals surface area (Å²) in [5.74, 6) is 0.367. The molecule has 0 aliphatic carbocycles. The topological polar surface area (TPSA) is 63.2 Å². The van der Waals surface area contributed by atoms with Gasteiger partial charge in [-0.15, -0.1) is 11.8 Å². The quantitative estimate of drug-likeness (QED) is 0.925. The molecule has 6 heteroatoms. The van der Waals surface area contributed by atoms with E-state index in [0.717, 1.165) is 23.3 Å². The number of thioether (sulfide) groups is 1. The molecule has 0 bridgehead atoms. The molecule has 1 aromatic rings. The third kappa shape index (κ3) is 3.76. The van der Waals surface area contributed by atoms with Crippen LogP contribution in [-0.4, -0.2) is 25.8 Å². The predicted octanol–water partition coefficient (Wildman–Crippen LogP) is 2.12. The Bertz CT molecular complexity index is 596. The minimum absolute atomic E-state index is 0.00778. The molecule has 0 saturated heterocycles. The molecule has 1 N–H and O–H groups in total. The van der Waals surface area contributed by atoms with Crippen molar-refractivity contribution in [2.75, 3.05) is 11.5 Å².